The van der Waals surface area contributed by atoms with Gasteiger partial charge in [0.05, 0.1) is 13.5 Å². The summed E-state index contributed by atoms with van der Waals surface area (Å²) in [5.74, 6) is -2.20. The lowest BCUT2D eigenvalue weighted by molar-refractivity contribution is -0.161. The van der Waals surface area contributed by atoms with Crippen LogP contribution >= 0.6 is 11.8 Å². The van der Waals surface area contributed by atoms with Crippen molar-refractivity contribution >= 4 is 52.1 Å². The molecule has 2 fully saturated rings. The number of carbonyl (C=O) groups excluding carboxylic acids is 3. The van der Waals surface area contributed by atoms with Crippen molar-refractivity contribution in [1.82, 2.24) is 10.2 Å². The topological polar surface area (TPSA) is 155 Å². The van der Waals surface area contributed by atoms with E-state index in [1.165, 1.54) is 29.8 Å². The Labute approximate surface area is 226 Å². The van der Waals surface area contributed by atoms with E-state index in [2.05, 4.69) is 10.6 Å². The van der Waals surface area contributed by atoms with E-state index in [-0.39, 0.29) is 17.6 Å². The first kappa shape index (κ1) is 26.3. The molecule has 3 heterocycles. The van der Waals surface area contributed by atoms with Gasteiger partial charge in [-0.15, -0.1) is 11.8 Å². The molecule has 5 rings (SSSR count). The maximum Gasteiger partial charge on any atom is 0.349 e. The van der Waals surface area contributed by atoms with E-state index in [9.17, 15) is 29.1 Å². The summed E-state index contributed by atoms with van der Waals surface area (Å²) in [7, 11) is 1.49. The van der Waals surface area contributed by atoms with Crippen LogP contribution in [0.2, 0.25) is 0 Å². The van der Waals surface area contributed by atoms with Gasteiger partial charge < -0.3 is 29.8 Å². The van der Waals surface area contributed by atoms with Crippen LogP contribution in [0.25, 0.3) is 11.0 Å². The average Bonchev–Trinajstić information content (AvgIpc) is 3.15. The second-order valence-corrected chi connectivity index (χ2v) is 11.6. The first-order valence-corrected chi connectivity index (χ1v) is 12.9. The SMILES string of the molecule is COc1ccc2cc(C(=O)Nc3ccccc3CC(=O)NC3C(=O)N4[C@@H]3SC(C)(C)[C@@H]4C(=O)O)c(=O)oc2c1. The highest BCUT2D eigenvalue weighted by Gasteiger charge is 2.64. The number of nitrogens with one attached hydrogen (secondary N) is 2. The standard InChI is InChI=1S/C27H25N3O8S/c1-27(2)21(25(34)35)30-23(33)20(24(30)39-27)29-19(31)11-13-6-4-5-7-17(13)28-22(32)16-10-14-8-9-15(37-3)12-18(14)38-26(16)36/h4-10,12,20-21,24H,11H2,1-3H3,(H,28,32)(H,29,31)(H,34,35)/t20?,21-,24+/m0/s1. The number of amides is 3. The largest absolute Gasteiger partial charge is 0.497 e. The molecule has 3 atom stereocenters. The highest BCUT2D eigenvalue weighted by Crippen LogP contribution is 2.50. The molecule has 39 heavy (non-hydrogen) atoms. The molecule has 12 heteroatoms. The molecule has 0 radical (unpaired) electrons. The number of aliphatic carboxylic acids is 1. The second kappa shape index (κ2) is 9.77. The van der Waals surface area contributed by atoms with Crippen LogP contribution < -0.4 is 21.0 Å². The molecule has 0 spiro atoms. The first-order valence-electron chi connectivity index (χ1n) is 12.0. The molecule has 0 saturated carbocycles. The molecule has 2 aromatic carbocycles. The van der Waals surface area contributed by atoms with E-state index < -0.39 is 51.5 Å². The first-order chi connectivity index (χ1) is 18.5. The summed E-state index contributed by atoms with van der Waals surface area (Å²) in [5, 5.41) is 15.0. The highest BCUT2D eigenvalue weighted by molar-refractivity contribution is 8.01. The summed E-state index contributed by atoms with van der Waals surface area (Å²) in [6.07, 6.45) is -0.157. The molecule has 0 bridgehead atoms. The van der Waals surface area contributed by atoms with Crippen LogP contribution in [0.15, 0.2) is 57.7 Å². The van der Waals surface area contributed by atoms with Crippen molar-refractivity contribution in [2.45, 2.75) is 42.5 Å². The number of fused-ring (bicyclic) bond motifs is 2. The van der Waals surface area contributed by atoms with Gasteiger partial charge in [-0.3, -0.25) is 14.4 Å². The number of ether oxygens (including phenoxy) is 1. The number of thioether (sulfide) groups is 1. The Kier molecular flexibility index (Phi) is 6.59. The third-order valence-electron chi connectivity index (χ3n) is 6.80. The predicted octanol–water partition coefficient (Wildman–Crippen LogP) is 2.23. The van der Waals surface area contributed by atoms with E-state index in [0.29, 0.717) is 22.4 Å². The van der Waals surface area contributed by atoms with Crippen molar-refractivity contribution < 1.29 is 33.4 Å². The van der Waals surface area contributed by atoms with E-state index in [1.54, 1.807) is 56.3 Å². The Morgan fingerprint density at radius 1 is 1.13 bits per heavy atom. The van der Waals surface area contributed by atoms with E-state index >= 15 is 0 Å². The minimum Gasteiger partial charge on any atom is -0.497 e. The summed E-state index contributed by atoms with van der Waals surface area (Å²) < 4.78 is 9.72. The molecule has 202 valence electrons. The lowest BCUT2D eigenvalue weighted by Crippen LogP contribution is -2.70. The van der Waals surface area contributed by atoms with Crippen LogP contribution in [0.5, 0.6) is 5.75 Å². The third kappa shape index (κ3) is 4.71. The van der Waals surface area contributed by atoms with Gasteiger partial charge in [0.1, 0.15) is 34.4 Å². The maximum absolute atomic E-state index is 13.0. The van der Waals surface area contributed by atoms with E-state index in [0.717, 1.165) is 0 Å². The normalized spacial score (nSPS) is 21.2. The molecular formula is C27H25N3O8S. The van der Waals surface area contributed by atoms with Crippen LogP contribution in [-0.2, 0) is 20.8 Å². The van der Waals surface area contributed by atoms with Crippen molar-refractivity contribution in [2.75, 3.05) is 12.4 Å². The number of hydrogen-bond donors (Lipinski definition) is 3. The zero-order valence-corrected chi connectivity index (χ0v) is 22.0. The number of β-lactam (4-membered cyclic amide) rings is 1. The number of anilines is 1. The summed E-state index contributed by atoms with van der Waals surface area (Å²) >= 11 is 1.33. The van der Waals surface area contributed by atoms with Gasteiger partial charge in [-0.1, -0.05) is 18.2 Å². The number of hydrogen-bond acceptors (Lipinski definition) is 8. The lowest BCUT2D eigenvalue weighted by Gasteiger charge is -2.43. The number of benzene rings is 2. The van der Waals surface area contributed by atoms with Gasteiger partial charge in [0.25, 0.3) is 5.91 Å². The van der Waals surface area contributed by atoms with Gasteiger partial charge in [0.2, 0.25) is 11.8 Å². The van der Waals surface area contributed by atoms with E-state index in [1.807, 2.05) is 0 Å². The fourth-order valence-electron chi connectivity index (χ4n) is 4.91. The zero-order valence-electron chi connectivity index (χ0n) is 21.2. The monoisotopic (exact) mass is 551 g/mol. The van der Waals surface area contributed by atoms with Gasteiger partial charge in [-0.05, 0) is 43.7 Å². The van der Waals surface area contributed by atoms with Crippen LogP contribution in [0.4, 0.5) is 5.69 Å². The summed E-state index contributed by atoms with van der Waals surface area (Å²) in [6.45, 7) is 3.51. The Morgan fingerprint density at radius 2 is 1.87 bits per heavy atom. The number of carbonyl (C=O) groups is 4. The quantitative estimate of drug-likeness (QED) is 0.296. The average molecular weight is 552 g/mol. The molecule has 0 aliphatic carbocycles. The Morgan fingerprint density at radius 3 is 2.59 bits per heavy atom. The minimum atomic E-state index is -1.09. The molecule has 2 saturated heterocycles. The summed E-state index contributed by atoms with van der Waals surface area (Å²) in [6, 6.07) is 11.1. The van der Waals surface area contributed by atoms with Crippen molar-refractivity contribution in [3.05, 3.63) is 70.1 Å². The fraction of sp³-hybridized carbons (Fsp3) is 0.296. The number of methoxy groups -OCH3 is 1. The van der Waals surface area contributed by atoms with Gasteiger partial charge in [-0.25, -0.2) is 9.59 Å². The van der Waals surface area contributed by atoms with Crippen molar-refractivity contribution in [3.63, 3.8) is 0 Å². The number of rotatable bonds is 7. The maximum atomic E-state index is 13.0. The molecule has 11 nitrogen and oxygen atoms in total. The smallest absolute Gasteiger partial charge is 0.349 e. The number of carboxylic acid groups (broad SMARTS) is 1. The Hall–Kier alpha value is -4.32. The van der Waals surface area contributed by atoms with Crippen LogP contribution in [0.3, 0.4) is 0 Å². The second-order valence-electron chi connectivity index (χ2n) is 9.78. The predicted molar refractivity (Wildman–Crippen MR) is 143 cm³/mol. The Balaban J connectivity index is 1.29. The fourth-order valence-corrected chi connectivity index (χ4v) is 6.53. The van der Waals surface area contributed by atoms with Gasteiger partial charge in [0.15, 0.2) is 0 Å². The molecule has 2 aliphatic rings. The molecular weight excluding hydrogens is 526 g/mol. The van der Waals surface area contributed by atoms with Crippen LogP contribution in [0, 0.1) is 0 Å². The van der Waals surface area contributed by atoms with E-state index in [4.69, 9.17) is 9.15 Å². The molecule has 1 aromatic heterocycles. The number of nitrogens with zero attached hydrogens (tertiary/aromatic N) is 1. The molecule has 3 N–H and O–H groups in total. The number of carboxylic acids is 1. The van der Waals surface area contributed by atoms with Crippen LogP contribution in [0.1, 0.15) is 29.8 Å². The minimum absolute atomic E-state index is 0.157. The summed E-state index contributed by atoms with van der Waals surface area (Å²) in [4.78, 5) is 64.1. The highest BCUT2D eigenvalue weighted by atomic mass is 32.2. The molecule has 3 aromatic rings. The molecule has 1 unspecified atom stereocenters. The molecule has 3 amide bonds. The van der Waals surface area contributed by atoms with Gasteiger partial charge in [0, 0.05) is 21.9 Å². The van der Waals surface area contributed by atoms with Crippen molar-refractivity contribution in [1.29, 1.82) is 0 Å². The van der Waals surface area contributed by atoms with Crippen LogP contribution in [-0.4, -0.2) is 63.0 Å². The zero-order chi connectivity index (χ0) is 28.1. The molecule has 2 aliphatic heterocycles. The third-order valence-corrected chi connectivity index (χ3v) is 8.37. The van der Waals surface area contributed by atoms with Gasteiger partial charge in [-0.2, -0.15) is 0 Å². The van der Waals surface area contributed by atoms with Gasteiger partial charge >= 0.3 is 11.6 Å². The van der Waals surface area contributed by atoms with Crippen molar-refractivity contribution in [3.8, 4) is 5.75 Å². The Bertz CT molecular complexity index is 1580. The van der Waals surface area contributed by atoms with Crippen molar-refractivity contribution in [2.24, 2.45) is 0 Å². The summed E-state index contributed by atoms with van der Waals surface area (Å²) in [5.41, 5.74) is 0.0187. The number of para-hydroxylation sites is 1. The lowest BCUT2D eigenvalue weighted by atomic mass is 9.96.